The highest BCUT2D eigenvalue weighted by Crippen LogP contribution is 2.34. The smallest absolute Gasteiger partial charge is 0.145 e. The van der Waals surface area contributed by atoms with Gasteiger partial charge in [-0.3, -0.25) is 0 Å². The van der Waals surface area contributed by atoms with Gasteiger partial charge in [-0.25, -0.2) is 9.37 Å². The summed E-state index contributed by atoms with van der Waals surface area (Å²) in [5, 5.41) is 0.354. The summed E-state index contributed by atoms with van der Waals surface area (Å²) in [6, 6.07) is 2.77. The Morgan fingerprint density at radius 3 is 2.87 bits per heavy atom. The van der Waals surface area contributed by atoms with Gasteiger partial charge < -0.3 is 10.5 Å². The number of nitrogens with zero attached hydrogens (tertiary/aromatic N) is 1. The fourth-order valence-electron chi connectivity index (χ4n) is 1.38. The van der Waals surface area contributed by atoms with Gasteiger partial charge in [-0.2, -0.15) is 0 Å². The molecule has 15 heavy (non-hydrogen) atoms. The van der Waals surface area contributed by atoms with Crippen molar-refractivity contribution in [1.29, 1.82) is 0 Å². The van der Waals surface area contributed by atoms with Crippen molar-refractivity contribution in [2.45, 2.75) is 0 Å². The Morgan fingerprint density at radius 1 is 1.47 bits per heavy atom. The molecule has 5 heteroatoms. The van der Waals surface area contributed by atoms with Crippen molar-refractivity contribution in [3.8, 4) is 5.75 Å². The predicted molar refractivity (Wildman–Crippen MR) is 57.7 cm³/mol. The molecule has 0 aliphatic carbocycles. The van der Waals surface area contributed by atoms with E-state index >= 15 is 0 Å². The molecular weight excluding hydrogens is 219 g/mol. The second kappa shape index (κ2) is 3.55. The number of benzene rings is 1. The van der Waals surface area contributed by atoms with E-state index in [0.717, 1.165) is 0 Å². The minimum absolute atomic E-state index is 0.163. The lowest BCUT2D eigenvalue weighted by molar-refractivity contribution is 0.418. The number of anilines is 1. The van der Waals surface area contributed by atoms with Crippen molar-refractivity contribution in [2.75, 3.05) is 12.8 Å². The number of methoxy groups -OCH3 is 1. The summed E-state index contributed by atoms with van der Waals surface area (Å²) in [6.45, 7) is 0. The minimum Gasteiger partial charge on any atom is -0.494 e. The van der Waals surface area contributed by atoms with Crippen molar-refractivity contribution in [2.24, 2.45) is 0 Å². The van der Waals surface area contributed by atoms with Crippen LogP contribution in [0.25, 0.3) is 10.9 Å². The van der Waals surface area contributed by atoms with Crippen molar-refractivity contribution in [1.82, 2.24) is 4.98 Å². The molecule has 0 unspecified atom stereocenters. The standard InChI is InChI=1S/C10H8ClFN2O/c1-15-7-3-2-5(12)8-9(11)6(13)4-14-10(7)8/h2-4H,13H2,1H3. The molecule has 0 bridgehead atoms. The molecule has 0 saturated heterocycles. The van der Waals surface area contributed by atoms with Gasteiger partial charge in [-0.05, 0) is 12.1 Å². The molecule has 0 spiro atoms. The van der Waals surface area contributed by atoms with Gasteiger partial charge in [0.05, 0.1) is 29.4 Å². The molecule has 0 aliphatic rings. The first-order chi connectivity index (χ1) is 7.15. The topological polar surface area (TPSA) is 48.1 Å². The summed E-state index contributed by atoms with van der Waals surface area (Å²) in [6.07, 6.45) is 1.38. The number of fused-ring (bicyclic) bond motifs is 1. The monoisotopic (exact) mass is 226 g/mol. The van der Waals surface area contributed by atoms with E-state index in [1.807, 2.05) is 0 Å². The number of hydrogen-bond acceptors (Lipinski definition) is 3. The van der Waals surface area contributed by atoms with Crippen LogP contribution in [0, 0.1) is 5.82 Å². The minimum atomic E-state index is -0.462. The molecule has 2 N–H and O–H groups in total. The van der Waals surface area contributed by atoms with Crippen molar-refractivity contribution in [3.63, 3.8) is 0 Å². The molecule has 2 rings (SSSR count). The van der Waals surface area contributed by atoms with Gasteiger partial charge in [0.1, 0.15) is 17.1 Å². The molecular formula is C10H8ClFN2O. The van der Waals surface area contributed by atoms with Gasteiger partial charge in [-0.15, -0.1) is 0 Å². The van der Waals surface area contributed by atoms with Crippen LogP contribution in [0.3, 0.4) is 0 Å². The lowest BCUT2D eigenvalue weighted by Gasteiger charge is -2.07. The second-order valence-corrected chi connectivity index (χ2v) is 3.38. The van der Waals surface area contributed by atoms with E-state index in [4.69, 9.17) is 22.1 Å². The highest BCUT2D eigenvalue weighted by atomic mass is 35.5. The quantitative estimate of drug-likeness (QED) is 0.813. The van der Waals surface area contributed by atoms with Crippen LogP contribution in [0.1, 0.15) is 0 Å². The maximum Gasteiger partial charge on any atom is 0.145 e. The van der Waals surface area contributed by atoms with Crippen LogP contribution < -0.4 is 10.5 Å². The van der Waals surface area contributed by atoms with Crippen LogP contribution in [-0.2, 0) is 0 Å². The molecule has 2 aromatic rings. The average Bonchev–Trinajstić information content (AvgIpc) is 2.24. The zero-order valence-corrected chi connectivity index (χ0v) is 8.68. The van der Waals surface area contributed by atoms with Crippen LogP contribution in [-0.4, -0.2) is 12.1 Å². The fourth-order valence-corrected chi connectivity index (χ4v) is 1.61. The molecule has 0 fully saturated rings. The number of pyridine rings is 1. The Hall–Kier alpha value is -1.55. The van der Waals surface area contributed by atoms with Crippen molar-refractivity contribution < 1.29 is 9.13 Å². The molecule has 0 amide bonds. The zero-order valence-electron chi connectivity index (χ0n) is 7.92. The van der Waals surface area contributed by atoms with E-state index in [0.29, 0.717) is 11.3 Å². The van der Waals surface area contributed by atoms with E-state index in [9.17, 15) is 4.39 Å². The van der Waals surface area contributed by atoms with E-state index < -0.39 is 5.82 Å². The number of nitrogen functional groups attached to an aromatic ring is 1. The van der Waals surface area contributed by atoms with Gasteiger partial charge in [0.25, 0.3) is 0 Å². The zero-order chi connectivity index (χ0) is 11.0. The Bertz CT molecular complexity index is 530. The third kappa shape index (κ3) is 1.47. The molecule has 0 radical (unpaired) electrons. The number of nitrogens with two attached hydrogens (primary N) is 1. The maximum absolute atomic E-state index is 13.5. The van der Waals surface area contributed by atoms with E-state index in [2.05, 4.69) is 4.98 Å². The second-order valence-electron chi connectivity index (χ2n) is 3.00. The fraction of sp³-hybridized carbons (Fsp3) is 0.100. The summed E-state index contributed by atoms with van der Waals surface area (Å²) in [7, 11) is 1.48. The van der Waals surface area contributed by atoms with E-state index in [1.165, 1.54) is 25.4 Å². The lowest BCUT2D eigenvalue weighted by atomic mass is 10.2. The first kappa shape index (κ1) is 9.98. The average molecular weight is 227 g/mol. The van der Waals surface area contributed by atoms with Crippen LogP contribution in [0.2, 0.25) is 5.02 Å². The van der Waals surface area contributed by atoms with Crippen molar-refractivity contribution >= 4 is 28.2 Å². The molecule has 1 aromatic heterocycles. The summed E-state index contributed by atoms with van der Waals surface area (Å²) >= 11 is 5.90. The normalized spacial score (nSPS) is 10.6. The Morgan fingerprint density at radius 2 is 2.20 bits per heavy atom. The highest BCUT2D eigenvalue weighted by molar-refractivity contribution is 6.38. The SMILES string of the molecule is COc1ccc(F)c2c(Cl)c(N)cnc12. The summed E-state index contributed by atoms with van der Waals surface area (Å²) in [5.74, 6) is 0.00361. The first-order valence-corrected chi connectivity index (χ1v) is 4.59. The maximum atomic E-state index is 13.5. The largest absolute Gasteiger partial charge is 0.494 e. The number of halogens is 2. The first-order valence-electron chi connectivity index (χ1n) is 4.21. The van der Waals surface area contributed by atoms with Gasteiger partial charge in [0.15, 0.2) is 0 Å². The van der Waals surface area contributed by atoms with Gasteiger partial charge in [0, 0.05) is 0 Å². The molecule has 0 atom stereocenters. The molecule has 0 saturated carbocycles. The van der Waals surface area contributed by atoms with E-state index in [-0.39, 0.29) is 16.1 Å². The number of hydrogen-bond donors (Lipinski definition) is 1. The molecule has 1 aromatic carbocycles. The lowest BCUT2D eigenvalue weighted by Crippen LogP contribution is -1.94. The Balaban J connectivity index is 2.93. The third-order valence-electron chi connectivity index (χ3n) is 2.12. The van der Waals surface area contributed by atoms with Crippen LogP contribution in [0.4, 0.5) is 10.1 Å². The molecule has 3 nitrogen and oxygen atoms in total. The van der Waals surface area contributed by atoms with Gasteiger partial charge in [-0.1, -0.05) is 11.6 Å². The molecule has 0 aliphatic heterocycles. The van der Waals surface area contributed by atoms with Gasteiger partial charge in [0.2, 0.25) is 0 Å². The summed E-state index contributed by atoms with van der Waals surface area (Å²) in [5.41, 5.74) is 6.16. The highest BCUT2D eigenvalue weighted by Gasteiger charge is 2.13. The number of aromatic nitrogens is 1. The number of ether oxygens (including phenoxy) is 1. The molecule has 78 valence electrons. The van der Waals surface area contributed by atoms with Gasteiger partial charge >= 0.3 is 0 Å². The predicted octanol–water partition coefficient (Wildman–Crippen LogP) is 2.62. The third-order valence-corrected chi connectivity index (χ3v) is 2.52. The van der Waals surface area contributed by atoms with E-state index in [1.54, 1.807) is 0 Å². The Labute approximate surface area is 90.6 Å². The summed E-state index contributed by atoms with van der Waals surface area (Å²) in [4.78, 5) is 4.00. The summed E-state index contributed by atoms with van der Waals surface area (Å²) < 4.78 is 18.6. The number of rotatable bonds is 1. The Kier molecular flexibility index (Phi) is 2.36. The van der Waals surface area contributed by atoms with Crippen LogP contribution in [0.15, 0.2) is 18.3 Å². The van der Waals surface area contributed by atoms with Crippen LogP contribution >= 0.6 is 11.6 Å². The van der Waals surface area contributed by atoms with Crippen molar-refractivity contribution in [3.05, 3.63) is 29.2 Å². The molecule has 1 heterocycles. The van der Waals surface area contributed by atoms with Crippen LogP contribution in [0.5, 0.6) is 5.75 Å².